The van der Waals surface area contributed by atoms with Crippen molar-refractivity contribution in [2.45, 2.75) is 9.79 Å². The summed E-state index contributed by atoms with van der Waals surface area (Å²) in [6, 6.07) is 11.0. The number of nitrogens with one attached hydrogen (secondary N) is 2. The molecule has 0 unspecified atom stereocenters. The van der Waals surface area contributed by atoms with Gasteiger partial charge < -0.3 is 16.2 Å². The normalized spacial score (nSPS) is 11.6. The Labute approximate surface area is 173 Å². The highest BCUT2D eigenvalue weighted by atomic mass is 32.2. The zero-order chi connectivity index (χ0) is 21.9. The van der Waals surface area contributed by atoms with E-state index in [2.05, 4.69) is 19.4 Å². The maximum Gasteiger partial charge on any atom is 0.263 e. The first-order chi connectivity index (χ1) is 14.1. The predicted molar refractivity (Wildman–Crippen MR) is 112 cm³/mol. The summed E-state index contributed by atoms with van der Waals surface area (Å²) in [7, 11) is -6.87. The van der Waals surface area contributed by atoms with Gasteiger partial charge in [0.2, 0.25) is 5.75 Å². The van der Waals surface area contributed by atoms with Crippen LogP contribution in [-0.2, 0) is 20.0 Å². The molecule has 0 saturated heterocycles. The summed E-state index contributed by atoms with van der Waals surface area (Å²) in [5.74, 6) is -0.714. The minimum Gasteiger partial charge on any atom is -0.490 e. The van der Waals surface area contributed by atoms with Crippen molar-refractivity contribution >= 4 is 43.1 Å². The number of nitrogen functional groups attached to an aromatic ring is 2. The zero-order valence-electron chi connectivity index (χ0n) is 15.6. The number of nitrogens with two attached hydrogens (primary N) is 2. The Morgan fingerprint density at radius 2 is 1.10 bits per heavy atom. The predicted octanol–water partition coefficient (Wildman–Crippen LogP) is 1.25. The van der Waals surface area contributed by atoms with Crippen LogP contribution in [0.4, 0.5) is 23.0 Å². The van der Waals surface area contributed by atoms with Crippen LogP contribution in [0.5, 0.6) is 5.75 Å². The minimum atomic E-state index is -4.05. The highest BCUT2D eigenvalue weighted by Gasteiger charge is 2.23. The summed E-state index contributed by atoms with van der Waals surface area (Å²) in [6.07, 6.45) is 0.990. The van der Waals surface area contributed by atoms with E-state index in [4.69, 9.17) is 16.2 Å². The Balaban J connectivity index is 1.94. The summed E-state index contributed by atoms with van der Waals surface area (Å²) in [4.78, 5) is 7.56. The van der Waals surface area contributed by atoms with Crippen molar-refractivity contribution in [1.82, 2.24) is 9.97 Å². The molecule has 0 spiro atoms. The van der Waals surface area contributed by atoms with Gasteiger partial charge in [0, 0.05) is 11.4 Å². The van der Waals surface area contributed by atoms with Crippen molar-refractivity contribution in [3.8, 4) is 5.75 Å². The molecule has 2 aromatic carbocycles. The van der Waals surface area contributed by atoms with E-state index in [0.29, 0.717) is 11.4 Å². The van der Waals surface area contributed by atoms with Gasteiger partial charge >= 0.3 is 0 Å². The SMILES string of the molecule is COc1c(NS(=O)(=O)c2ccc(N)cc2)ncnc1NS(=O)(=O)c1ccc(N)cc1. The average Bonchev–Trinajstić information content (AvgIpc) is 2.68. The lowest BCUT2D eigenvalue weighted by atomic mass is 10.3. The Morgan fingerprint density at radius 1 is 0.733 bits per heavy atom. The molecular weight excluding hydrogens is 432 g/mol. The Hall–Kier alpha value is -3.58. The van der Waals surface area contributed by atoms with Crippen LogP contribution in [0.2, 0.25) is 0 Å². The molecule has 6 N–H and O–H groups in total. The van der Waals surface area contributed by atoms with Crippen molar-refractivity contribution in [2.75, 3.05) is 28.0 Å². The van der Waals surface area contributed by atoms with E-state index in [-0.39, 0.29) is 27.2 Å². The van der Waals surface area contributed by atoms with E-state index in [9.17, 15) is 16.8 Å². The van der Waals surface area contributed by atoms with Gasteiger partial charge in [-0.1, -0.05) is 0 Å². The molecular formula is C17H18N6O5S2. The second-order valence-corrected chi connectivity index (χ2v) is 9.32. The van der Waals surface area contributed by atoms with Crippen molar-refractivity contribution < 1.29 is 21.6 Å². The number of rotatable bonds is 7. The van der Waals surface area contributed by atoms with Gasteiger partial charge in [0.1, 0.15) is 6.33 Å². The molecule has 0 fully saturated rings. The summed E-state index contributed by atoms with van der Waals surface area (Å²) in [5, 5.41) is 0. The molecule has 3 rings (SSSR count). The van der Waals surface area contributed by atoms with Crippen molar-refractivity contribution in [2.24, 2.45) is 0 Å². The third-order valence-corrected chi connectivity index (χ3v) is 6.56. The molecule has 0 saturated carbocycles. The summed E-state index contributed by atoms with van der Waals surface area (Å²) < 4.78 is 60.1. The van der Waals surface area contributed by atoms with E-state index in [1.54, 1.807) is 0 Å². The lowest BCUT2D eigenvalue weighted by molar-refractivity contribution is 0.415. The van der Waals surface area contributed by atoms with Gasteiger partial charge in [-0.2, -0.15) is 0 Å². The van der Waals surface area contributed by atoms with E-state index >= 15 is 0 Å². The van der Waals surface area contributed by atoms with E-state index in [1.165, 1.54) is 55.6 Å². The van der Waals surface area contributed by atoms with E-state index in [0.717, 1.165) is 6.33 Å². The maximum atomic E-state index is 12.6. The molecule has 0 aliphatic heterocycles. The minimum absolute atomic E-state index is 0.0682. The molecule has 0 amide bonds. The van der Waals surface area contributed by atoms with Crippen LogP contribution in [0.25, 0.3) is 0 Å². The summed E-state index contributed by atoms with van der Waals surface area (Å²) in [6.45, 7) is 0. The maximum absolute atomic E-state index is 12.6. The Morgan fingerprint density at radius 3 is 1.43 bits per heavy atom. The van der Waals surface area contributed by atoms with Gasteiger partial charge in [-0.25, -0.2) is 26.8 Å². The first-order valence-corrected chi connectivity index (χ1v) is 11.2. The lowest BCUT2D eigenvalue weighted by Crippen LogP contribution is -2.18. The monoisotopic (exact) mass is 450 g/mol. The van der Waals surface area contributed by atoms with Crippen LogP contribution in [0.15, 0.2) is 64.6 Å². The van der Waals surface area contributed by atoms with Crippen LogP contribution >= 0.6 is 0 Å². The van der Waals surface area contributed by atoms with Gasteiger partial charge in [0.05, 0.1) is 16.9 Å². The van der Waals surface area contributed by atoms with E-state index in [1.807, 2.05) is 0 Å². The molecule has 3 aromatic rings. The molecule has 1 aromatic heterocycles. The number of methoxy groups -OCH3 is 1. The van der Waals surface area contributed by atoms with Crippen LogP contribution in [0.1, 0.15) is 0 Å². The quantitative estimate of drug-likeness (QED) is 0.385. The first kappa shape index (κ1) is 21.1. The van der Waals surface area contributed by atoms with Crippen LogP contribution in [0, 0.1) is 0 Å². The van der Waals surface area contributed by atoms with Crippen LogP contribution in [-0.4, -0.2) is 33.9 Å². The largest absolute Gasteiger partial charge is 0.490 e. The topological polar surface area (TPSA) is 179 Å². The molecule has 30 heavy (non-hydrogen) atoms. The zero-order valence-corrected chi connectivity index (χ0v) is 17.2. The Bertz CT molecular complexity index is 1170. The van der Waals surface area contributed by atoms with Crippen molar-refractivity contribution in [3.05, 3.63) is 54.9 Å². The van der Waals surface area contributed by atoms with Crippen molar-refractivity contribution in [1.29, 1.82) is 0 Å². The Kier molecular flexibility index (Phi) is 5.67. The molecule has 11 nitrogen and oxygen atoms in total. The molecule has 13 heteroatoms. The standard InChI is InChI=1S/C17H18N6O5S2/c1-28-15-16(22-29(24,25)13-6-2-11(18)3-7-13)20-10-21-17(15)23-30(26,27)14-8-4-12(19)5-9-14/h2-10H,18-19H2,1H3,(H2,20,21,22,23). The third kappa shape index (κ3) is 4.52. The van der Waals surface area contributed by atoms with Crippen LogP contribution < -0.4 is 25.6 Å². The highest BCUT2D eigenvalue weighted by Crippen LogP contribution is 2.32. The van der Waals surface area contributed by atoms with Gasteiger partial charge in [-0.05, 0) is 48.5 Å². The molecule has 0 aliphatic carbocycles. The fourth-order valence-electron chi connectivity index (χ4n) is 2.38. The second kappa shape index (κ2) is 8.04. The third-order valence-electron chi connectivity index (χ3n) is 3.85. The van der Waals surface area contributed by atoms with Crippen molar-refractivity contribution in [3.63, 3.8) is 0 Å². The first-order valence-electron chi connectivity index (χ1n) is 8.28. The molecule has 0 atom stereocenters. The number of ether oxygens (including phenoxy) is 1. The highest BCUT2D eigenvalue weighted by molar-refractivity contribution is 7.93. The number of anilines is 4. The van der Waals surface area contributed by atoms with Gasteiger partial charge in [-0.15, -0.1) is 0 Å². The number of nitrogens with zero attached hydrogens (tertiary/aromatic N) is 2. The van der Waals surface area contributed by atoms with Gasteiger partial charge in [0.15, 0.2) is 11.6 Å². The number of hydrogen-bond donors (Lipinski definition) is 4. The molecule has 0 bridgehead atoms. The lowest BCUT2D eigenvalue weighted by Gasteiger charge is -2.15. The second-order valence-electron chi connectivity index (χ2n) is 5.95. The molecule has 1 heterocycles. The van der Waals surface area contributed by atoms with Gasteiger partial charge in [0.25, 0.3) is 20.0 Å². The number of sulfonamides is 2. The van der Waals surface area contributed by atoms with Crippen LogP contribution in [0.3, 0.4) is 0 Å². The number of benzene rings is 2. The smallest absolute Gasteiger partial charge is 0.263 e. The average molecular weight is 451 g/mol. The summed E-state index contributed by atoms with van der Waals surface area (Å²) >= 11 is 0. The number of aromatic nitrogens is 2. The molecule has 0 aliphatic rings. The van der Waals surface area contributed by atoms with Gasteiger partial charge in [-0.3, -0.25) is 9.44 Å². The van der Waals surface area contributed by atoms with E-state index < -0.39 is 20.0 Å². The fourth-order valence-corrected chi connectivity index (χ4v) is 4.40. The summed E-state index contributed by atoms with van der Waals surface area (Å²) in [5.41, 5.74) is 11.9. The fraction of sp³-hybridized carbons (Fsp3) is 0.0588. The molecule has 0 radical (unpaired) electrons. The number of hydrogen-bond acceptors (Lipinski definition) is 9. The molecule has 158 valence electrons.